The molecule has 0 heterocycles. The summed E-state index contributed by atoms with van der Waals surface area (Å²) in [6, 6.07) is -1.88. The lowest BCUT2D eigenvalue weighted by Crippen LogP contribution is -2.47. The second-order valence-corrected chi connectivity index (χ2v) is 4.02. The van der Waals surface area contributed by atoms with Gasteiger partial charge in [0.25, 0.3) is 0 Å². The van der Waals surface area contributed by atoms with Crippen LogP contribution in [0.2, 0.25) is 0 Å². The third-order valence-electron chi connectivity index (χ3n) is 2.32. The molecular weight excluding hydrogens is 238 g/mol. The molecule has 18 heavy (non-hydrogen) atoms. The van der Waals surface area contributed by atoms with E-state index >= 15 is 0 Å². The second kappa shape index (κ2) is 9.26. The Hall–Kier alpha value is -1.79. The largest absolute Gasteiger partial charge is 0.480 e. The first-order valence-corrected chi connectivity index (χ1v) is 6.02. The highest BCUT2D eigenvalue weighted by Gasteiger charge is 2.21. The summed E-state index contributed by atoms with van der Waals surface area (Å²) in [5, 5.41) is 13.5. The van der Waals surface area contributed by atoms with E-state index in [1.165, 1.54) is 0 Å². The van der Waals surface area contributed by atoms with E-state index in [-0.39, 0.29) is 0 Å². The molecule has 0 aliphatic heterocycles. The van der Waals surface area contributed by atoms with E-state index in [0.29, 0.717) is 6.54 Å². The van der Waals surface area contributed by atoms with Gasteiger partial charge < -0.3 is 21.5 Å². The zero-order valence-corrected chi connectivity index (χ0v) is 10.6. The van der Waals surface area contributed by atoms with Crippen LogP contribution < -0.4 is 16.4 Å². The van der Waals surface area contributed by atoms with Gasteiger partial charge in [-0.1, -0.05) is 26.2 Å². The van der Waals surface area contributed by atoms with Gasteiger partial charge in [-0.3, -0.25) is 4.79 Å². The van der Waals surface area contributed by atoms with Crippen molar-refractivity contribution in [1.29, 1.82) is 0 Å². The third-order valence-corrected chi connectivity index (χ3v) is 2.32. The van der Waals surface area contributed by atoms with E-state index < -0.39 is 30.4 Å². The number of urea groups is 1. The van der Waals surface area contributed by atoms with Crippen molar-refractivity contribution in [3.8, 4) is 0 Å². The van der Waals surface area contributed by atoms with Gasteiger partial charge in [0.15, 0.2) is 0 Å². The SMILES string of the molecule is CCCCCCNC(=O)N[C@H](CC(N)=O)C(=O)O. The fourth-order valence-corrected chi connectivity index (χ4v) is 1.36. The van der Waals surface area contributed by atoms with E-state index in [4.69, 9.17) is 10.8 Å². The number of nitrogens with one attached hydrogen (secondary N) is 2. The van der Waals surface area contributed by atoms with Crippen LogP contribution in [-0.2, 0) is 9.59 Å². The summed E-state index contributed by atoms with van der Waals surface area (Å²) < 4.78 is 0. The molecule has 0 spiro atoms. The summed E-state index contributed by atoms with van der Waals surface area (Å²) in [7, 11) is 0. The lowest BCUT2D eigenvalue weighted by atomic mass is 10.2. The number of hydrogen-bond donors (Lipinski definition) is 4. The zero-order valence-electron chi connectivity index (χ0n) is 10.6. The number of primary amides is 1. The first kappa shape index (κ1) is 16.2. The molecule has 0 aliphatic carbocycles. The van der Waals surface area contributed by atoms with Crippen LogP contribution in [0, 0.1) is 0 Å². The predicted molar refractivity (Wildman–Crippen MR) is 65.9 cm³/mol. The van der Waals surface area contributed by atoms with Crippen molar-refractivity contribution >= 4 is 17.9 Å². The molecule has 1 atom stereocenters. The number of aliphatic carboxylic acids is 1. The quantitative estimate of drug-likeness (QED) is 0.442. The average molecular weight is 259 g/mol. The molecule has 0 aliphatic rings. The van der Waals surface area contributed by atoms with Gasteiger partial charge in [0, 0.05) is 6.54 Å². The molecule has 0 bridgehead atoms. The number of carbonyl (C=O) groups excluding carboxylic acids is 2. The summed E-state index contributed by atoms with van der Waals surface area (Å²) in [6.45, 7) is 2.57. The van der Waals surface area contributed by atoms with Crippen LogP contribution in [0.15, 0.2) is 0 Å². The second-order valence-electron chi connectivity index (χ2n) is 4.02. The van der Waals surface area contributed by atoms with Crippen LogP contribution >= 0.6 is 0 Å². The van der Waals surface area contributed by atoms with Crippen molar-refractivity contribution in [2.75, 3.05) is 6.54 Å². The Kier molecular flexibility index (Phi) is 8.34. The first-order chi connectivity index (χ1) is 8.47. The highest BCUT2D eigenvalue weighted by Crippen LogP contribution is 1.97. The number of unbranched alkanes of at least 4 members (excludes halogenated alkanes) is 3. The van der Waals surface area contributed by atoms with Crippen LogP contribution in [0.25, 0.3) is 0 Å². The maximum atomic E-state index is 11.3. The number of rotatable bonds is 9. The molecule has 5 N–H and O–H groups in total. The molecule has 104 valence electrons. The molecular formula is C11H21N3O4. The number of nitrogens with two attached hydrogens (primary N) is 1. The molecule has 0 aromatic carbocycles. The van der Waals surface area contributed by atoms with Crippen molar-refractivity contribution in [3.63, 3.8) is 0 Å². The molecule has 0 fully saturated rings. The summed E-state index contributed by atoms with van der Waals surface area (Å²) in [5.41, 5.74) is 4.89. The number of amides is 3. The predicted octanol–water partition coefficient (Wildman–Crippen LogP) is 0.195. The maximum Gasteiger partial charge on any atom is 0.326 e. The van der Waals surface area contributed by atoms with Crippen molar-refractivity contribution < 1.29 is 19.5 Å². The van der Waals surface area contributed by atoms with Gasteiger partial charge in [0.1, 0.15) is 6.04 Å². The molecule has 7 nitrogen and oxygen atoms in total. The number of carboxylic acid groups (broad SMARTS) is 1. The van der Waals surface area contributed by atoms with Gasteiger partial charge in [-0.05, 0) is 6.42 Å². The normalized spacial score (nSPS) is 11.6. The number of carboxylic acids is 1. The van der Waals surface area contributed by atoms with Crippen LogP contribution in [-0.4, -0.2) is 35.6 Å². The lowest BCUT2D eigenvalue weighted by molar-refractivity contribution is -0.140. The molecule has 0 aromatic heterocycles. The van der Waals surface area contributed by atoms with Crippen LogP contribution in [0.3, 0.4) is 0 Å². The Morgan fingerprint density at radius 1 is 1.22 bits per heavy atom. The van der Waals surface area contributed by atoms with Crippen LogP contribution in [0.4, 0.5) is 4.79 Å². The minimum absolute atomic E-state index is 0.418. The molecule has 0 saturated heterocycles. The highest BCUT2D eigenvalue weighted by molar-refractivity contribution is 5.87. The van der Waals surface area contributed by atoms with E-state index in [1.54, 1.807) is 0 Å². The van der Waals surface area contributed by atoms with Gasteiger partial charge in [0.2, 0.25) is 5.91 Å². The monoisotopic (exact) mass is 259 g/mol. The fraction of sp³-hybridized carbons (Fsp3) is 0.727. The smallest absolute Gasteiger partial charge is 0.326 e. The fourth-order valence-electron chi connectivity index (χ4n) is 1.36. The lowest BCUT2D eigenvalue weighted by Gasteiger charge is -2.13. The highest BCUT2D eigenvalue weighted by atomic mass is 16.4. The van der Waals surface area contributed by atoms with Crippen molar-refractivity contribution in [3.05, 3.63) is 0 Å². The molecule has 0 aromatic rings. The molecule has 0 unspecified atom stereocenters. The Balaban J connectivity index is 3.88. The van der Waals surface area contributed by atoms with Crippen molar-refractivity contribution in [2.45, 2.75) is 45.1 Å². The average Bonchev–Trinajstić information content (AvgIpc) is 2.27. The number of hydrogen-bond acceptors (Lipinski definition) is 3. The van der Waals surface area contributed by atoms with Gasteiger partial charge >= 0.3 is 12.0 Å². The first-order valence-electron chi connectivity index (χ1n) is 6.02. The summed E-state index contributed by atoms with van der Waals surface area (Å²) in [4.78, 5) is 32.7. The summed E-state index contributed by atoms with van der Waals surface area (Å²) >= 11 is 0. The molecule has 0 saturated carbocycles. The van der Waals surface area contributed by atoms with Gasteiger partial charge in [0.05, 0.1) is 6.42 Å². The summed E-state index contributed by atoms with van der Waals surface area (Å²) in [6.07, 6.45) is 3.64. The zero-order chi connectivity index (χ0) is 14.0. The van der Waals surface area contributed by atoms with Crippen molar-refractivity contribution in [2.24, 2.45) is 5.73 Å². The van der Waals surface area contributed by atoms with Crippen molar-refractivity contribution in [1.82, 2.24) is 10.6 Å². The Morgan fingerprint density at radius 3 is 2.39 bits per heavy atom. The Labute approximate surface area is 106 Å². The van der Waals surface area contributed by atoms with Gasteiger partial charge in [-0.15, -0.1) is 0 Å². The van der Waals surface area contributed by atoms with E-state index in [9.17, 15) is 14.4 Å². The summed E-state index contributed by atoms with van der Waals surface area (Å²) in [5.74, 6) is -2.06. The van der Waals surface area contributed by atoms with E-state index in [2.05, 4.69) is 17.6 Å². The van der Waals surface area contributed by atoms with Crippen LogP contribution in [0.1, 0.15) is 39.0 Å². The molecule has 3 amide bonds. The minimum atomic E-state index is -1.28. The van der Waals surface area contributed by atoms with Crippen LogP contribution in [0.5, 0.6) is 0 Å². The molecule has 0 rings (SSSR count). The Morgan fingerprint density at radius 2 is 1.89 bits per heavy atom. The van der Waals surface area contributed by atoms with Gasteiger partial charge in [-0.2, -0.15) is 0 Å². The van der Waals surface area contributed by atoms with E-state index in [0.717, 1.165) is 25.7 Å². The maximum absolute atomic E-state index is 11.3. The standard InChI is InChI=1S/C11H21N3O4/c1-2-3-4-5-6-13-11(18)14-8(10(16)17)7-9(12)15/h8H,2-7H2,1H3,(H2,12,15)(H,16,17)(H2,13,14,18)/t8-/m1/s1. The molecule has 0 radical (unpaired) electrons. The van der Waals surface area contributed by atoms with E-state index in [1.807, 2.05) is 0 Å². The molecule has 7 heteroatoms. The topological polar surface area (TPSA) is 122 Å². The minimum Gasteiger partial charge on any atom is -0.480 e. The Bertz CT molecular complexity index is 294. The third kappa shape index (κ3) is 8.37. The number of carbonyl (C=O) groups is 3. The van der Waals surface area contributed by atoms with Gasteiger partial charge in [-0.25, -0.2) is 9.59 Å².